The monoisotopic (exact) mass is 379 g/mol. The fraction of sp³-hybridized carbons (Fsp3) is 0.105. The van der Waals surface area contributed by atoms with Crippen LogP contribution in [0.25, 0.3) is 28.5 Å². The van der Waals surface area contributed by atoms with E-state index in [-0.39, 0.29) is 4.90 Å². The molecule has 0 unspecified atom stereocenters. The molecule has 0 saturated heterocycles. The molecule has 0 aliphatic heterocycles. The van der Waals surface area contributed by atoms with Gasteiger partial charge in [-0.1, -0.05) is 0 Å². The lowest BCUT2D eigenvalue weighted by molar-refractivity contribution is 0.602. The lowest BCUT2D eigenvalue weighted by Crippen LogP contribution is -1.99. The summed E-state index contributed by atoms with van der Waals surface area (Å²) in [5, 5.41) is 7.00. The zero-order valence-electron chi connectivity index (χ0n) is 14.8. The Morgan fingerprint density at radius 1 is 0.963 bits per heavy atom. The van der Waals surface area contributed by atoms with Crippen molar-refractivity contribution in [2.75, 3.05) is 6.26 Å². The number of aromatic amines is 1. The highest BCUT2D eigenvalue weighted by Crippen LogP contribution is 2.24. The second-order valence-electron chi connectivity index (χ2n) is 6.21. The van der Waals surface area contributed by atoms with Crippen LogP contribution < -0.4 is 0 Å². The van der Waals surface area contributed by atoms with Crippen LogP contribution in [-0.4, -0.2) is 39.4 Å². The van der Waals surface area contributed by atoms with Gasteiger partial charge in [0.05, 0.1) is 4.90 Å². The molecule has 27 heavy (non-hydrogen) atoms. The van der Waals surface area contributed by atoms with E-state index in [4.69, 9.17) is 0 Å². The number of hydrogen-bond acceptors (Lipinski definition) is 5. The second-order valence-corrected chi connectivity index (χ2v) is 8.22. The van der Waals surface area contributed by atoms with Gasteiger partial charge in [-0.2, -0.15) is 5.10 Å². The van der Waals surface area contributed by atoms with E-state index in [0.29, 0.717) is 5.82 Å². The number of H-pyrrole nitrogens is 1. The first-order valence-electron chi connectivity index (χ1n) is 8.25. The van der Waals surface area contributed by atoms with Crippen molar-refractivity contribution in [1.29, 1.82) is 0 Å². The predicted octanol–water partition coefficient (Wildman–Crippen LogP) is 3.04. The van der Waals surface area contributed by atoms with Gasteiger partial charge < -0.3 is 0 Å². The van der Waals surface area contributed by atoms with Crippen molar-refractivity contribution >= 4 is 9.84 Å². The maximum absolute atomic E-state index is 11.6. The molecule has 0 aliphatic rings. The van der Waals surface area contributed by atoms with Crippen LogP contribution in [-0.2, 0) is 9.84 Å². The summed E-state index contributed by atoms with van der Waals surface area (Å²) >= 11 is 0. The average molecular weight is 379 g/mol. The van der Waals surface area contributed by atoms with Crippen LogP contribution in [0.5, 0.6) is 0 Å². The van der Waals surface area contributed by atoms with Crippen LogP contribution in [0.15, 0.2) is 65.8 Å². The summed E-state index contributed by atoms with van der Waals surface area (Å²) in [7, 11) is -3.22. The highest BCUT2D eigenvalue weighted by Gasteiger charge is 2.11. The van der Waals surface area contributed by atoms with Crippen LogP contribution in [0.2, 0.25) is 0 Å². The summed E-state index contributed by atoms with van der Waals surface area (Å²) in [6, 6.07) is 14.6. The highest BCUT2D eigenvalue weighted by molar-refractivity contribution is 7.90. The lowest BCUT2D eigenvalue weighted by Gasteiger charge is -2.09. The van der Waals surface area contributed by atoms with Gasteiger partial charge in [0.2, 0.25) is 0 Å². The van der Waals surface area contributed by atoms with E-state index in [1.54, 1.807) is 30.5 Å². The van der Waals surface area contributed by atoms with Gasteiger partial charge in [0, 0.05) is 35.5 Å². The molecule has 0 spiro atoms. The number of hydrogen-bond donors (Lipinski definition) is 1. The third-order valence-electron chi connectivity index (χ3n) is 4.18. The van der Waals surface area contributed by atoms with E-state index in [2.05, 4.69) is 20.2 Å². The normalized spacial score (nSPS) is 11.6. The minimum absolute atomic E-state index is 0.288. The molecule has 2 heterocycles. The summed E-state index contributed by atoms with van der Waals surface area (Å²) in [6.45, 7) is 1.86. The van der Waals surface area contributed by atoms with Crippen LogP contribution in [0, 0.1) is 6.92 Å². The van der Waals surface area contributed by atoms with E-state index in [1.165, 1.54) is 6.26 Å². The molecule has 0 saturated carbocycles. The third-order valence-corrected chi connectivity index (χ3v) is 5.31. The van der Waals surface area contributed by atoms with Crippen molar-refractivity contribution in [2.45, 2.75) is 11.8 Å². The van der Waals surface area contributed by atoms with E-state index < -0.39 is 9.84 Å². The average Bonchev–Trinajstić information content (AvgIpc) is 3.30. The minimum Gasteiger partial charge on any atom is -0.300 e. The highest BCUT2D eigenvalue weighted by atomic mass is 32.2. The maximum Gasteiger partial charge on any atom is 0.181 e. The number of sulfone groups is 1. The van der Waals surface area contributed by atoms with E-state index in [1.807, 2.05) is 42.0 Å². The van der Waals surface area contributed by atoms with Gasteiger partial charge in [-0.25, -0.2) is 18.4 Å². The summed E-state index contributed by atoms with van der Waals surface area (Å²) in [5.41, 5.74) is 2.69. The summed E-state index contributed by atoms with van der Waals surface area (Å²) in [4.78, 5) is 9.04. The van der Waals surface area contributed by atoms with Crippen molar-refractivity contribution in [3.05, 3.63) is 66.7 Å². The quantitative estimate of drug-likeness (QED) is 0.588. The van der Waals surface area contributed by atoms with Crippen LogP contribution in [0.1, 0.15) is 5.82 Å². The molecule has 0 amide bonds. The van der Waals surface area contributed by atoms with E-state index in [0.717, 1.165) is 28.5 Å². The maximum atomic E-state index is 11.6. The molecule has 136 valence electrons. The van der Waals surface area contributed by atoms with Gasteiger partial charge in [0.15, 0.2) is 15.7 Å². The van der Waals surface area contributed by atoms with Gasteiger partial charge in [-0.05, 0) is 55.5 Å². The third kappa shape index (κ3) is 3.39. The molecule has 7 nitrogen and oxygen atoms in total. The smallest absolute Gasteiger partial charge is 0.181 e. The second kappa shape index (κ2) is 6.48. The molecule has 0 aliphatic carbocycles. The number of nitrogens with zero attached hydrogens (tertiary/aromatic N) is 4. The first kappa shape index (κ1) is 17.2. The molecular weight excluding hydrogens is 362 g/mol. The van der Waals surface area contributed by atoms with Gasteiger partial charge in [0.25, 0.3) is 0 Å². The van der Waals surface area contributed by atoms with Crippen molar-refractivity contribution in [1.82, 2.24) is 24.7 Å². The molecule has 1 N–H and O–H groups in total. The fourth-order valence-electron chi connectivity index (χ4n) is 2.82. The number of benzene rings is 2. The van der Waals surface area contributed by atoms with Gasteiger partial charge in [-0.3, -0.25) is 9.67 Å². The first-order valence-corrected chi connectivity index (χ1v) is 10.1. The van der Waals surface area contributed by atoms with Gasteiger partial charge in [-0.15, -0.1) is 0 Å². The fourth-order valence-corrected chi connectivity index (χ4v) is 3.45. The largest absolute Gasteiger partial charge is 0.300 e. The number of aryl methyl sites for hydroxylation is 1. The molecule has 4 aromatic rings. The number of nitrogens with one attached hydrogen (secondary N) is 1. The Kier molecular flexibility index (Phi) is 4.12. The lowest BCUT2D eigenvalue weighted by atomic mass is 10.1. The predicted molar refractivity (Wildman–Crippen MR) is 102 cm³/mol. The molecule has 2 aromatic carbocycles. The Labute approximate surface area is 156 Å². The minimum atomic E-state index is -3.22. The summed E-state index contributed by atoms with van der Waals surface area (Å²) in [5.74, 6) is 2.15. The Balaban J connectivity index is 1.68. The molecule has 4 rings (SSSR count). The van der Waals surface area contributed by atoms with Gasteiger partial charge in [0.1, 0.15) is 11.6 Å². The Morgan fingerprint density at radius 3 is 2.22 bits per heavy atom. The van der Waals surface area contributed by atoms with E-state index in [9.17, 15) is 8.42 Å². The first-order chi connectivity index (χ1) is 12.9. The number of imidazole rings is 1. The molecule has 2 aromatic heterocycles. The Bertz CT molecular complexity index is 1190. The number of aromatic nitrogens is 5. The van der Waals surface area contributed by atoms with E-state index >= 15 is 0 Å². The van der Waals surface area contributed by atoms with Crippen molar-refractivity contribution in [3.8, 4) is 28.5 Å². The molecular formula is C19H17N5O2S. The SMILES string of the molecule is Cc1nc(-c2ccc(-n3ccnc3-c3ccc(S(C)(=O)=O)cc3)cc2)n[nH]1. The number of rotatable bonds is 4. The van der Waals surface area contributed by atoms with Crippen molar-refractivity contribution in [3.63, 3.8) is 0 Å². The molecule has 0 atom stereocenters. The molecule has 0 radical (unpaired) electrons. The molecule has 8 heteroatoms. The van der Waals surface area contributed by atoms with Crippen molar-refractivity contribution < 1.29 is 8.42 Å². The van der Waals surface area contributed by atoms with Crippen LogP contribution in [0.3, 0.4) is 0 Å². The van der Waals surface area contributed by atoms with Crippen molar-refractivity contribution in [2.24, 2.45) is 0 Å². The van der Waals surface area contributed by atoms with Crippen LogP contribution in [0.4, 0.5) is 0 Å². The van der Waals surface area contributed by atoms with Gasteiger partial charge >= 0.3 is 0 Å². The topological polar surface area (TPSA) is 93.5 Å². The Hall–Kier alpha value is -3.26. The van der Waals surface area contributed by atoms with Crippen LogP contribution >= 0.6 is 0 Å². The standard InChI is InChI=1S/C19H17N5O2S/c1-13-21-18(23-22-13)14-3-7-16(8-4-14)24-12-11-20-19(24)15-5-9-17(10-6-15)27(2,25)26/h3-12H,1-2H3,(H,21,22,23). The molecule has 0 fully saturated rings. The molecule has 0 bridgehead atoms. The summed E-state index contributed by atoms with van der Waals surface area (Å²) < 4.78 is 25.2. The zero-order valence-corrected chi connectivity index (χ0v) is 15.6. The summed E-state index contributed by atoms with van der Waals surface area (Å²) in [6.07, 6.45) is 4.78. The Morgan fingerprint density at radius 2 is 1.63 bits per heavy atom. The zero-order chi connectivity index (χ0) is 19.0.